The van der Waals surface area contributed by atoms with E-state index in [0.29, 0.717) is 41.7 Å². The van der Waals surface area contributed by atoms with Crippen molar-refractivity contribution in [2.75, 3.05) is 6.54 Å². The number of pyridine rings is 1. The zero-order chi connectivity index (χ0) is 22.1. The van der Waals surface area contributed by atoms with Crippen LogP contribution >= 0.6 is 12.2 Å². The summed E-state index contributed by atoms with van der Waals surface area (Å²) in [6.45, 7) is 2.91. The number of amides is 1. The van der Waals surface area contributed by atoms with Crippen molar-refractivity contribution in [3.8, 4) is 5.75 Å². The van der Waals surface area contributed by atoms with Gasteiger partial charge in [-0.3, -0.25) is 9.89 Å². The number of hydrogen-bond donors (Lipinski definition) is 2. The Labute approximate surface area is 190 Å². The van der Waals surface area contributed by atoms with Crippen molar-refractivity contribution in [1.82, 2.24) is 29.5 Å². The Kier molecular flexibility index (Phi) is 5.48. The average molecular weight is 449 g/mol. The van der Waals surface area contributed by atoms with Crippen molar-refractivity contribution in [3.63, 3.8) is 0 Å². The van der Waals surface area contributed by atoms with Gasteiger partial charge >= 0.3 is 0 Å². The molecule has 1 aromatic carbocycles. The molecule has 1 fully saturated rings. The van der Waals surface area contributed by atoms with E-state index in [2.05, 4.69) is 25.1 Å². The minimum Gasteiger partial charge on any atom is -0.487 e. The fourth-order valence-corrected chi connectivity index (χ4v) is 4.00. The molecule has 5 rings (SSSR count). The second-order valence-electron chi connectivity index (χ2n) is 8.07. The summed E-state index contributed by atoms with van der Waals surface area (Å²) in [7, 11) is 0. The van der Waals surface area contributed by atoms with Crippen molar-refractivity contribution in [3.05, 3.63) is 76.2 Å². The molecule has 0 radical (unpaired) electrons. The van der Waals surface area contributed by atoms with Gasteiger partial charge in [0.2, 0.25) is 0 Å². The molecule has 8 nitrogen and oxygen atoms in total. The summed E-state index contributed by atoms with van der Waals surface area (Å²) >= 11 is 5.29. The first kappa shape index (κ1) is 20.4. The fourth-order valence-electron chi connectivity index (χ4n) is 3.70. The highest BCUT2D eigenvalue weighted by Crippen LogP contribution is 2.35. The maximum Gasteiger partial charge on any atom is 0.251 e. The Bertz CT molecular complexity index is 1320. The minimum atomic E-state index is -0.126. The van der Waals surface area contributed by atoms with Crippen LogP contribution in [0.15, 0.2) is 48.8 Å². The molecule has 1 amide bonds. The fraction of sp³-hybridized carbons (Fsp3) is 0.304. The standard InChI is InChI=1S/C23H24N6O2S/c1-15-2-9-20-25-17(13-28(20)12-15)14-31-19-7-3-16(4-8-19)22(30)24-11-10-21-26-27-23(32)29(21)18-5-6-18/h2-4,7-9,12-13,18H,5-6,10-11,14H2,1H3,(H,24,30)(H,27,32). The molecule has 32 heavy (non-hydrogen) atoms. The number of fused-ring (bicyclic) bond motifs is 1. The van der Waals surface area contributed by atoms with E-state index >= 15 is 0 Å². The number of nitrogens with one attached hydrogen (secondary N) is 2. The van der Waals surface area contributed by atoms with Crippen LogP contribution in [0.25, 0.3) is 5.65 Å². The molecule has 0 bridgehead atoms. The molecule has 3 aromatic heterocycles. The van der Waals surface area contributed by atoms with Crippen molar-refractivity contribution in [1.29, 1.82) is 0 Å². The van der Waals surface area contributed by atoms with E-state index in [-0.39, 0.29) is 5.91 Å². The van der Waals surface area contributed by atoms with E-state index in [1.54, 1.807) is 24.3 Å². The highest BCUT2D eigenvalue weighted by molar-refractivity contribution is 7.71. The number of ether oxygens (including phenoxy) is 1. The highest BCUT2D eigenvalue weighted by atomic mass is 32.1. The Morgan fingerprint density at radius 2 is 2.03 bits per heavy atom. The van der Waals surface area contributed by atoms with Gasteiger partial charge in [0, 0.05) is 37.0 Å². The first-order valence-corrected chi connectivity index (χ1v) is 11.1. The van der Waals surface area contributed by atoms with Crippen LogP contribution in [-0.2, 0) is 13.0 Å². The molecule has 0 aliphatic heterocycles. The predicted octanol–water partition coefficient (Wildman–Crippen LogP) is 3.78. The number of rotatable bonds is 8. The first-order chi connectivity index (χ1) is 15.6. The predicted molar refractivity (Wildman–Crippen MR) is 122 cm³/mol. The van der Waals surface area contributed by atoms with Gasteiger partial charge in [-0.25, -0.2) is 4.98 Å². The third-order valence-corrected chi connectivity index (χ3v) is 5.76. The number of carbonyl (C=O) groups is 1. The third-order valence-electron chi connectivity index (χ3n) is 5.48. The van der Waals surface area contributed by atoms with E-state index in [1.165, 1.54) is 5.56 Å². The number of imidazole rings is 1. The van der Waals surface area contributed by atoms with Gasteiger partial charge in [0.05, 0.1) is 5.69 Å². The largest absolute Gasteiger partial charge is 0.487 e. The lowest BCUT2D eigenvalue weighted by atomic mass is 10.2. The average Bonchev–Trinajstić information content (AvgIpc) is 3.44. The summed E-state index contributed by atoms with van der Waals surface area (Å²) in [4.78, 5) is 17.0. The number of H-pyrrole nitrogens is 1. The van der Waals surface area contributed by atoms with E-state index in [9.17, 15) is 4.79 Å². The lowest BCUT2D eigenvalue weighted by molar-refractivity contribution is 0.0954. The topological polar surface area (TPSA) is 89.2 Å². The van der Waals surface area contributed by atoms with Gasteiger partial charge < -0.3 is 19.0 Å². The summed E-state index contributed by atoms with van der Waals surface area (Å²) in [5.74, 6) is 1.46. The number of aromatic amines is 1. The Balaban J connectivity index is 1.13. The smallest absolute Gasteiger partial charge is 0.251 e. The number of nitrogens with zero attached hydrogens (tertiary/aromatic N) is 4. The second-order valence-corrected chi connectivity index (χ2v) is 8.46. The Morgan fingerprint density at radius 1 is 1.22 bits per heavy atom. The molecule has 1 aliphatic rings. The zero-order valence-electron chi connectivity index (χ0n) is 17.7. The van der Waals surface area contributed by atoms with Gasteiger partial charge in [0.25, 0.3) is 5.91 Å². The van der Waals surface area contributed by atoms with Crippen molar-refractivity contribution >= 4 is 23.8 Å². The normalized spacial score (nSPS) is 13.4. The van der Waals surface area contributed by atoms with E-state index in [1.807, 2.05) is 35.9 Å². The number of aromatic nitrogens is 5. The molecule has 1 saturated carbocycles. The first-order valence-electron chi connectivity index (χ1n) is 10.7. The Morgan fingerprint density at radius 3 is 2.81 bits per heavy atom. The van der Waals surface area contributed by atoms with Gasteiger partial charge in [-0.15, -0.1) is 0 Å². The maximum atomic E-state index is 12.5. The van der Waals surface area contributed by atoms with Gasteiger partial charge in [-0.05, 0) is 67.9 Å². The molecule has 1 aliphatic carbocycles. The van der Waals surface area contributed by atoms with Crippen LogP contribution in [0.4, 0.5) is 0 Å². The Hall–Kier alpha value is -3.46. The lowest BCUT2D eigenvalue weighted by Gasteiger charge is -2.08. The molecule has 3 heterocycles. The van der Waals surface area contributed by atoms with Crippen molar-refractivity contribution < 1.29 is 9.53 Å². The number of hydrogen-bond acceptors (Lipinski definition) is 5. The molecule has 0 saturated heterocycles. The third kappa shape index (κ3) is 4.43. The van der Waals surface area contributed by atoms with Gasteiger partial charge in [-0.1, -0.05) is 6.07 Å². The number of benzene rings is 1. The van der Waals surface area contributed by atoms with Gasteiger partial charge in [0.15, 0.2) is 4.77 Å². The molecule has 0 spiro atoms. The number of aryl methyl sites for hydroxylation is 1. The van der Waals surface area contributed by atoms with Crippen LogP contribution in [0, 0.1) is 11.7 Å². The van der Waals surface area contributed by atoms with Gasteiger partial charge in [0.1, 0.15) is 23.8 Å². The quantitative estimate of drug-likeness (QED) is 0.401. The van der Waals surface area contributed by atoms with Crippen LogP contribution in [0.5, 0.6) is 5.75 Å². The molecular formula is C23H24N6O2S. The summed E-state index contributed by atoms with van der Waals surface area (Å²) in [5, 5.41) is 10.1. The summed E-state index contributed by atoms with van der Waals surface area (Å²) in [6, 6.07) is 11.6. The molecular weight excluding hydrogens is 424 g/mol. The monoisotopic (exact) mass is 448 g/mol. The van der Waals surface area contributed by atoms with E-state index in [0.717, 1.165) is 30.0 Å². The van der Waals surface area contributed by atoms with Crippen LogP contribution in [-0.4, -0.2) is 36.6 Å². The molecule has 9 heteroatoms. The summed E-state index contributed by atoms with van der Waals surface area (Å²) in [6.07, 6.45) is 6.91. The molecule has 2 N–H and O–H groups in total. The second kappa shape index (κ2) is 8.58. The lowest BCUT2D eigenvalue weighted by Crippen LogP contribution is -2.26. The highest BCUT2D eigenvalue weighted by Gasteiger charge is 2.27. The maximum absolute atomic E-state index is 12.5. The SMILES string of the molecule is Cc1ccc2nc(COc3ccc(C(=O)NCCc4n[nH]c(=S)n4C4CC4)cc3)cn2c1. The summed E-state index contributed by atoms with van der Waals surface area (Å²) in [5.41, 5.74) is 3.50. The molecule has 0 unspecified atom stereocenters. The summed E-state index contributed by atoms with van der Waals surface area (Å²) < 4.78 is 10.6. The van der Waals surface area contributed by atoms with Crippen LogP contribution < -0.4 is 10.1 Å². The van der Waals surface area contributed by atoms with Crippen LogP contribution in [0.3, 0.4) is 0 Å². The zero-order valence-corrected chi connectivity index (χ0v) is 18.6. The van der Waals surface area contributed by atoms with Crippen molar-refractivity contribution in [2.45, 2.75) is 38.8 Å². The minimum absolute atomic E-state index is 0.126. The van der Waals surface area contributed by atoms with Gasteiger partial charge in [-0.2, -0.15) is 5.10 Å². The van der Waals surface area contributed by atoms with E-state index in [4.69, 9.17) is 17.0 Å². The van der Waals surface area contributed by atoms with Crippen molar-refractivity contribution in [2.24, 2.45) is 0 Å². The van der Waals surface area contributed by atoms with Crippen LogP contribution in [0.2, 0.25) is 0 Å². The van der Waals surface area contributed by atoms with E-state index < -0.39 is 0 Å². The molecule has 0 atom stereocenters. The molecule has 4 aromatic rings. The number of carbonyl (C=O) groups excluding carboxylic acids is 1. The van der Waals surface area contributed by atoms with Crippen LogP contribution in [0.1, 0.15) is 46.3 Å². The molecule has 164 valence electrons.